The molecule has 1 aliphatic carbocycles. The molecule has 2 rings (SSSR count). The number of hydrogen-bond acceptors (Lipinski definition) is 6. The maximum absolute atomic E-state index is 12.6. The zero-order valence-electron chi connectivity index (χ0n) is 17.0. The van der Waals surface area contributed by atoms with E-state index >= 15 is 0 Å². The SMILES string of the molecule is CCC(CC)[P+](=O)OC(C)(CC)C[C@H]1CC(n2ccc(=O)[nH]c2=O)[C@H](O)C1O. The first-order valence-corrected chi connectivity index (χ1v) is 11.2. The Morgan fingerprint density at radius 3 is 2.46 bits per heavy atom. The third-order valence-electron chi connectivity index (χ3n) is 5.97. The van der Waals surface area contributed by atoms with Crippen LogP contribution in [0.5, 0.6) is 0 Å². The Morgan fingerprint density at radius 2 is 1.93 bits per heavy atom. The number of rotatable bonds is 9. The molecule has 4 unspecified atom stereocenters. The Balaban J connectivity index is 2.17. The molecule has 9 heteroatoms. The topological polar surface area (TPSA) is 122 Å². The summed E-state index contributed by atoms with van der Waals surface area (Å²) in [4.78, 5) is 25.5. The van der Waals surface area contributed by atoms with Gasteiger partial charge in [0.1, 0.15) is 11.7 Å². The number of nitrogens with one attached hydrogen (secondary N) is 1. The molecular formula is C19H32N2O6P+. The van der Waals surface area contributed by atoms with E-state index in [9.17, 15) is 24.4 Å². The molecule has 1 fully saturated rings. The summed E-state index contributed by atoms with van der Waals surface area (Å²) < 4.78 is 19.8. The second-order valence-electron chi connectivity index (χ2n) is 7.92. The Morgan fingerprint density at radius 1 is 1.29 bits per heavy atom. The van der Waals surface area contributed by atoms with Crippen molar-refractivity contribution >= 4 is 8.03 Å². The van der Waals surface area contributed by atoms with Crippen LogP contribution in [-0.4, -0.2) is 43.2 Å². The molecule has 28 heavy (non-hydrogen) atoms. The van der Waals surface area contributed by atoms with Crippen molar-refractivity contribution in [3.05, 3.63) is 33.1 Å². The highest BCUT2D eigenvalue weighted by molar-refractivity contribution is 7.40. The summed E-state index contributed by atoms with van der Waals surface area (Å²) in [5.74, 6) is -0.325. The van der Waals surface area contributed by atoms with Crippen molar-refractivity contribution in [2.75, 3.05) is 0 Å². The highest BCUT2D eigenvalue weighted by atomic mass is 31.1. The van der Waals surface area contributed by atoms with Gasteiger partial charge in [0.25, 0.3) is 5.56 Å². The fourth-order valence-corrected chi connectivity index (χ4v) is 5.33. The van der Waals surface area contributed by atoms with E-state index in [1.807, 2.05) is 27.7 Å². The number of aromatic amines is 1. The highest BCUT2D eigenvalue weighted by Crippen LogP contribution is 2.45. The second-order valence-corrected chi connectivity index (χ2v) is 9.40. The minimum atomic E-state index is -1.84. The first-order valence-electron chi connectivity index (χ1n) is 9.98. The molecule has 1 aliphatic rings. The molecule has 1 aromatic rings. The van der Waals surface area contributed by atoms with Gasteiger partial charge in [-0.15, -0.1) is 4.52 Å². The van der Waals surface area contributed by atoms with Gasteiger partial charge in [-0.3, -0.25) is 14.3 Å². The molecule has 0 amide bonds. The third-order valence-corrected chi connectivity index (χ3v) is 7.92. The molecule has 158 valence electrons. The van der Waals surface area contributed by atoms with Crippen molar-refractivity contribution in [3.63, 3.8) is 0 Å². The normalized spacial score (nSPS) is 27.8. The fraction of sp³-hybridized carbons (Fsp3) is 0.789. The fourth-order valence-electron chi connectivity index (χ4n) is 3.95. The summed E-state index contributed by atoms with van der Waals surface area (Å²) in [5, 5.41) is 21.1. The Bertz CT molecular complexity index is 789. The summed E-state index contributed by atoms with van der Waals surface area (Å²) in [6.45, 7) is 7.79. The maximum Gasteiger partial charge on any atom is 0.511 e. The van der Waals surface area contributed by atoms with Gasteiger partial charge in [0, 0.05) is 12.3 Å². The van der Waals surface area contributed by atoms with Crippen molar-refractivity contribution in [3.8, 4) is 0 Å². The lowest BCUT2D eigenvalue weighted by Crippen LogP contribution is -2.37. The van der Waals surface area contributed by atoms with Gasteiger partial charge in [0.15, 0.2) is 5.66 Å². The second kappa shape index (κ2) is 9.44. The number of aliphatic hydroxyl groups excluding tert-OH is 2. The number of H-pyrrole nitrogens is 1. The number of aromatic nitrogens is 2. The zero-order valence-corrected chi connectivity index (χ0v) is 17.9. The molecule has 1 aromatic heterocycles. The minimum Gasteiger partial charge on any atom is -0.390 e. The van der Waals surface area contributed by atoms with Crippen molar-refractivity contribution in [2.24, 2.45) is 5.92 Å². The van der Waals surface area contributed by atoms with E-state index in [0.29, 0.717) is 19.3 Å². The van der Waals surface area contributed by atoms with E-state index in [-0.39, 0.29) is 11.6 Å². The summed E-state index contributed by atoms with van der Waals surface area (Å²) in [5.41, 5.74) is -1.84. The van der Waals surface area contributed by atoms with Gasteiger partial charge in [0.05, 0.1) is 12.1 Å². The molecular weight excluding hydrogens is 383 g/mol. The summed E-state index contributed by atoms with van der Waals surface area (Å²) in [6, 6.07) is 0.575. The Labute approximate surface area is 165 Å². The number of nitrogens with zero attached hydrogens (tertiary/aromatic N) is 1. The monoisotopic (exact) mass is 415 g/mol. The van der Waals surface area contributed by atoms with Crippen molar-refractivity contribution < 1.29 is 19.3 Å². The standard InChI is InChI=1S/C19H31N2O6P/c1-5-13(6-2)28(26)27-19(4,7-3)11-12-10-14(17(24)16(12)23)21-9-8-15(22)20-18(21)25/h8-9,12-14,16-17,23-24H,5-7,10-11H2,1-4H3/p+1/t12-,14?,16?,17+,19?/m1/s1. The Hall–Kier alpha value is -1.34. The van der Waals surface area contributed by atoms with Crippen LogP contribution in [0.3, 0.4) is 0 Å². The van der Waals surface area contributed by atoms with Gasteiger partial charge in [-0.05, 0) is 49.5 Å². The van der Waals surface area contributed by atoms with E-state index in [4.69, 9.17) is 4.52 Å². The van der Waals surface area contributed by atoms with Crippen LogP contribution in [0.2, 0.25) is 0 Å². The first-order chi connectivity index (χ1) is 13.2. The molecule has 0 bridgehead atoms. The van der Waals surface area contributed by atoms with Crippen LogP contribution in [0.1, 0.15) is 65.8 Å². The van der Waals surface area contributed by atoms with Crippen LogP contribution >= 0.6 is 8.03 Å². The molecule has 3 N–H and O–H groups in total. The van der Waals surface area contributed by atoms with Gasteiger partial charge in [-0.2, -0.15) is 0 Å². The lowest BCUT2D eigenvalue weighted by molar-refractivity contribution is -0.0157. The molecule has 0 aliphatic heterocycles. The van der Waals surface area contributed by atoms with Crippen LogP contribution in [0, 0.1) is 5.92 Å². The van der Waals surface area contributed by atoms with Gasteiger partial charge in [-0.25, -0.2) is 4.79 Å². The summed E-state index contributed by atoms with van der Waals surface area (Å²) in [6.07, 6.45) is 2.08. The molecule has 0 spiro atoms. The van der Waals surface area contributed by atoms with Crippen molar-refractivity contribution in [2.45, 2.75) is 89.3 Å². The Kier molecular flexibility index (Phi) is 7.73. The molecule has 6 atom stereocenters. The van der Waals surface area contributed by atoms with Gasteiger partial charge in [0.2, 0.25) is 0 Å². The van der Waals surface area contributed by atoms with Crippen LogP contribution in [-0.2, 0) is 9.09 Å². The average Bonchev–Trinajstić information content (AvgIpc) is 2.91. The van der Waals surface area contributed by atoms with E-state index in [1.165, 1.54) is 16.8 Å². The smallest absolute Gasteiger partial charge is 0.390 e. The molecule has 0 saturated heterocycles. The third kappa shape index (κ3) is 4.98. The van der Waals surface area contributed by atoms with Crippen LogP contribution in [0.15, 0.2) is 21.9 Å². The van der Waals surface area contributed by atoms with Crippen LogP contribution < -0.4 is 11.2 Å². The molecule has 1 saturated carbocycles. The quantitative estimate of drug-likeness (QED) is 0.532. The van der Waals surface area contributed by atoms with E-state index in [0.717, 1.165) is 12.8 Å². The zero-order chi connectivity index (χ0) is 21.1. The number of hydrogen-bond donors (Lipinski definition) is 3. The average molecular weight is 415 g/mol. The summed E-state index contributed by atoms with van der Waals surface area (Å²) in [7, 11) is -1.84. The lowest BCUT2D eigenvalue weighted by Gasteiger charge is -2.27. The highest BCUT2D eigenvalue weighted by Gasteiger charge is 2.48. The van der Waals surface area contributed by atoms with Crippen LogP contribution in [0.4, 0.5) is 0 Å². The maximum atomic E-state index is 12.6. The molecule has 0 aromatic carbocycles. The minimum absolute atomic E-state index is 0.00700. The van der Waals surface area contributed by atoms with Gasteiger partial charge < -0.3 is 10.2 Å². The molecule has 0 radical (unpaired) electrons. The predicted octanol–water partition coefficient (Wildman–Crippen LogP) is 2.33. The van der Waals surface area contributed by atoms with Crippen molar-refractivity contribution in [1.29, 1.82) is 0 Å². The van der Waals surface area contributed by atoms with Crippen LogP contribution in [0.25, 0.3) is 0 Å². The summed E-state index contributed by atoms with van der Waals surface area (Å²) >= 11 is 0. The largest absolute Gasteiger partial charge is 0.511 e. The number of aliphatic hydroxyl groups is 2. The van der Waals surface area contributed by atoms with E-state index < -0.39 is 43.1 Å². The molecule has 8 nitrogen and oxygen atoms in total. The van der Waals surface area contributed by atoms with Gasteiger partial charge >= 0.3 is 13.7 Å². The predicted molar refractivity (Wildman–Crippen MR) is 107 cm³/mol. The van der Waals surface area contributed by atoms with Gasteiger partial charge in [-0.1, -0.05) is 20.8 Å². The van der Waals surface area contributed by atoms with E-state index in [1.54, 1.807) is 0 Å². The van der Waals surface area contributed by atoms with E-state index in [2.05, 4.69) is 4.98 Å². The van der Waals surface area contributed by atoms with Crippen molar-refractivity contribution in [1.82, 2.24) is 9.55 Å². The lowest BCUT2D eigenvalue weighted by atomic mass is 9.87. The molecule has 1 heterocycles. The first kappa shape index (κ1) is 22.9.